The molecular formula is C15H25N3. The molecule has 0 radical (unpaired) electrons. The van der Waals surface area contributed by atoms with Crippen LogP contribution < -0.4 is 10.2 Å². The van der Waals surface area contributed by atoms with Crippen LogP contribution in [0.15, 0.2) is 18.5 Å². The molecule has 3 heteroatoms. The van der Waals surface area contributed by atoms with Gasteiger partial charge in [0.15, 0.2) is 0 Å². The number of hydrogen-bond donors (Lipinski definition) is 1. The highest BCUT2D eigenvalue weighted by Crippen LogP contribution is 2.23. The summed E-state index contributed by atoms with van der Waals surface area (Å²) in [5, 5.41) is 3.58. The van der Waals surface area contributed by atoms with Crippen LogP contribution >= 0.6 is 0 Å². The van der Waals surface area contributed by atoms with Gasteiger partial charge in [-0.05, 0) is 31.7 Å². The van der Waals surface area contributed by atoms with Crippen LogP contribution in [-0.4, -0.2) is 24.1 Å². The Hall–Kier alpha value is -1.09. The molecule has 1 saturated carbocycles. The number of rotatable bonds is 7. The van der Waals surface area contributed by atoms with Gasteiger partial charge in [-0.3, -0.25) is 4.98 Å². The second-order valence-corrected chi connectivity index (χ2v) is 5.59. The Morgan fingerprint density at radius 3 is 2.83 bits per heavy atom. The molecule has 0 spiro atoms. The molecule has 1 aliphatic carbocycles. The molecule has 0 unspecified atom stereocenters. The molecule has 1 aromatic heterocycles. The highest BCUT2D eigenvalue weighted by molar-refractivity contribution is 5.52. The number of nitrogens with one attached hydrogen (secondary N) is 1. The van der Waals surface area contributed by atoms with E-state index < -0.39 is 0 Å². The zero-order chi connectivity index (χ0) is 13.0. The molecule has 0 bridgehead atoms. The van der Waals surface area contributed by atoms with Crippen molar-refractivity contribution >= 4 is 5.69 Å². The molecule has 1 aromatic rings. The van der Waals surface area contributed by atoms with Crippen molar-refractivity contribution in [2.24, 2.45) is 5.92 Å². The fourth-order valence-electron chi connectivity index (χ4n) is 2.24. The lowest BCUT2D eigenvalue weighted by atomic mass is 10.1. The summed E-state index contributed by atoms with van der Waals surface area (Å²) < 4.78 is 0. The first-order valence-corrected chi connectivity index (χ1v) is 7.12. The van der Waals surface area contributed by atoms with Gasteiger partial charge in [0.05, 0.1) is 0 Å². The highest BCUT2D eigenvalue weighted by atomic mass is 15.1. The summed E-state index contributed by atoms with van der Waals surface area (Å²) in [5.74, 6) is 0.683. The molecule has 1 N–H and O–H groups in total. The van der Waals surface area contributed by atoms with Crippen molar-refractivity contribution in [3.63, 3.8) is 0 Å². The van der Waals surface area contributed by atoms with E-state index in [0.717, 1.165) is 25.7 Å². The monoisotopic (exact) mass is 247 g/mol. The zero-order valence-electron chi connectivity index (χ0n) is 11.8. The summed E-state index contributed by atoms with van der Waals surface area (Å²) in [4.78, 5) is 6.73. The molecule has 0 saturated heterocycles. The highest BCUT2D eigenvalue weighted by Gasteiger charge is 2.21. The number of nitrogens with zero attached hydrogens (tertiary/aromatic N) is 2. The minimum atomic E-state index is 0.683. The lowest BCUT2D eigenvalue weighted by Crippen LogP contribution is -2.29. The van der Waals surface area contributed by atoms with Crippen LogP contribution in [0.5, 0.6) is 0 Å². The van der Waals surface area contributed by atoms with Crippen LogP contribution in [-0.2, 0) is 6.54 Å². The second-order valence-electron chi connectivity index (χ2n) is 5.59. The summed E-state index contributed by atoms with van der Waals surface area (Å²) in [5.41, 5.74) is 2.67. The van der Waals surface area contributed by atoms with Gasteiger partial charge in [-0.25, -0.2) is 0 Å². The normalized spacial score (nSPS) is 15.1. The maximum Gasteiger partial charge on any atom is 0.0442 e. The Kier molecular flexibility index (Phi) is 4.59. The Morgan fingerprint density at radius 1 is 1.44 bits per heavy atom. The molecule has 1 aliphatic rings. The zero-order valence-corrected chi connectivity index (χ0v) is 11.8. The molecule has 0 amide bonds. The number of aromatic nitrogens is 1. The summed E-state index contributed by atoms with van der Waals surface area (Å²) in [7, 11) is 0. The van der Waals surface area contributed by atoms with Crippen LogP contribution in [0.25, 0.3) is 0 Å². The number of pyridine rings is 1. The number of anilines is 1. The third kappa shape index (κ3) is 3.70. The van der Waals surface area contributed by atoms with E-state index in [0.29, 0.717) is 5.92 Å². The van der Waals surface area contributed by atoms with Gasteiger partial charge >= 0.3 is 0 Å². The summed E-state index contributed by atoms with van der Waals surface area (Å²) in [6, 6.07) is 2.90. The predicted octanol–water partition coefficient (Wildman–Crippen LogP) is 2.82. The third-order valence-electron chi connectivity index (χ3n) is 3.34. The van der Waals surface area contributed by atoms with Gasteiger partial charge < -0.3 is 10.2 Å². The molecule has 3 nitrogen and oxygen atoms in total. The molecule has 100 valence electrons. The SMILES string of the molecule is CCN(CC(C)C)c1ccncc1CNC1CC1. The third-order valence-corrected chi connectivity index (χ3v) is 3.34. The van der Waals surface area contributed by atoms with E-state index in [1.165, 1.54) is 24.1 Å². The fourth-order valence-corrected chi connectivity index (χ4v) is 2.24. The molecule has 0 aliphatic heterocycles. The van der Waals surface area contributed by atoms with Gasteiger partial charge in [-0.15, -0.1) is 0 Å². The molecule has 18 heavy (non-hydrogen) atoms. The van der Waals surface area contributed by atoms with Gasteiger partial charge in [0, 0.05) is 49.3 Å². The molecule has 1 fully saturated rings. The molecule has 1 heterocycles. The summed E-state index contributed by atoms with van der Waals surface area (Å²) in [6.45, 7) is 9.87. The minimum Gasteiger partial charge on any atom is -0.371 e. The van der Waals surface area contributed by atoms with Crippen LogP contribution in [0.3, 0.4) is 0 Å². The van der Waals surface area contributed by atoms with Gasteiger partial charge in [0.2, 0.25) is 0 Å². The van der Waals surface area contributed by atoms with E-state index in [2.05, 4.69) is 42.0 Å². The van der Waals surface area contributed by atoms with E-state index >= 15 is 0 Å². The first-order chi connectivity index (χ1) is 8.70. The minimum absolute atomic E-state index is 0.683. The Morgan fingerprint density at radius 2 is 2.22 bits per heavy atom. The van der Waals surface area contributed by atoms with Gasteiger partial charge in [-0.2, -0.15) is 0 Å². The van der Waals surface area contributed by atoms with Crippen LogP contribution in [0.2, 0.25) is 0 Å². The van der Waals surface area contributed by atoms with Crippen molar-refractivity contribution in [3.8, 4) is 0 Å². The van der Waals surface area contributed by atoms with Crippen molar-refractivity contribution in [1.29, 1.82) is 0 Å². The van der Waals surface area contributed by atoms with Gasteiger partial charge in [0.25, 0.3) is 0 Å². The van der Waals surface area contributed by atoms with Crippen molar-refractivity contribution < 1.29 is 0 Å². The lowest BCUT2D eigenvalue weighted by Gasteiger charge is -2.27. The van der Waals surface area contributed by atoms with Crippen molar-refractivity contribution in [2.45, 2.75) is 46.2 Å². The average Bonchev–Trinajstić information content (AvgIpc) is 3.18. The average molecular weight is 247 g/mol. The Bertz CT molecular complexity index is 372. The van der Waals surface area contributed by atoms with Crippen molar-refractivity contribution in [2.75, 3.05) is 18.0 Å². The Labute approximate surface area is 111 Å². The Balaban J connectivity index is 2.07. The quantitative estimate of drug-likeness (QED) is 0.803. The standard InChI is InChI=1S/C15H25N3/c1-4-18(11-12(2)3)15-7-8-16-9-13(15)10-17-14-5-6-14/h7-9,12,14,17H,4-6,10-11H2,1-3H3. The van der Waals surface area contributed by atoms with E-state index in [-0.39, 0.29) is 0 Å². The maximum absolute atomic E-state index is 4.27. The maximum atomic E-state index is 4.27. The van der Waals surface area contributed by atoms with Crippen molar-refractivity contribution in [3.05, 3.63) is 24.0 Å². The van der Waals surface area contributed by atoms with E-state index in [9.17, 15) is 0 Å². The smallest absolute Gasteiger partial charge is 0.0442 e. The largest absolute Gasteiger partial charge is 0.371 e. The summed E-state index contributed by atoms with van der Waals surface area (Å²) >= 11 is 0. The molecule has 2 rings (SSSR count). The van der Waals surface area contributed by atoms with Gasteiger partial charge in [0.1, 0.15) is 0 Å². The predicted molar refractivity (Wildman–Crippen MR) is 76.8 cm³/mol. The molecule has 0 aromatic carbocycles. The molecule has 0 atom stereocenters. The topological polar surface area (TPSA) is 28.2 Å². The van der Waals surface area contributed by atoms with Crippen molar-refractivity contribution in [1.82, 2.24) is 10.3 Å². The second kappa shape index (κ2) is 6.19. The van der Waals surface area contributed by atoms with E-state index in [4.69, 9.17) is 0 Å². The molecular weight excluding hydrogens is 222 g/mol. The summed E-state index contributed by atoms with van der Waals surface area (Å²) in [6.07, 6.45) is 6.57. The first-order valence-electron chi connectivity index (χ1n) is 7.12. The van der Waals surface area contributed by atoms with Crippen LogP contribution in [0.1, 0.15) is 39.2 Å². The fraction of sp³-hybridized carbons (Fsp3) is 0.667. The van der Waals surface area contributed by atoms with Crippen LogP contribution in [0.4, 0.5) is 5.69 Å². The van der Waals surface area contributed by atoms with E-state index in [1.54, 1.807) is 0 Å². The van der Waals surface area contributed by atoms with E-state index in [1.807, 2.05) is 12.4 Å². The first kappa shape index (κ1) is 13.3. The number of hydrogen-bond acceptors (Lipinski definition) is 3. The lowest BCUT2D eigenvalue weighted by molar-refractivity contribution is 0.613. The van der Waals surface area contributed by atoms with Gasteiger partial charge in [-0.1, -0.05) is 13.8 Å². The van der Waals surface area contributed by atoms with Crippen LogP contribution in [0, 0.1) is 5.92 Å².